The van der Waals surface area contributed by atoms with Gasteiger partial charge in [0.2, 0.25) is 0 Å². The largest absolute Gasteiger partial charge is 0.0891 e. The quantitative estimate of drug-likeness (QED) is 0.430. The van der Waals surface area contributed by atoms with E-state index in [2.05, 4.69) is 68.3 Å². The fourth-order valence-corrected chi connectivity index (χ4v) is 2.24. The lowest BCUT2D eigenvalue weighted by molar-refractivity contribution is 0.652. The first-order chi connectivity index (χ1) is 5.61. The van der Waals surface area contributed by atoms with Crippen LogP contribution in [0.5, 0.6) is 0 Å². The highest BCUT2D eigenvalue weighted by molar-refractivity contribution is 14.1. The third kappa shape index (κ3) is 6.19. The maximum absolute atomic E-state index is 3.73. The number of halogens is 3. The molecule has 0 amide bonds. The molecule has 0 aromatic rings. The molecule has 0 bridgehead atoms. The van der Waals surface area contributed by atoms with Gasteiger partial charge >= 0.3 is 0 Å². The molecular formula is C9H17Br2I. The third-order valence-corrected chi connectivity index (χ3v) is 6.92. The second-order valence-electron chi connectivity index (χ2n) is 3.02. The zero-order chi connectivity index (χ0) is 9.56. The molecule has 3 unspecified atom stereocenters. The minimum atomic E-state index is 0.690. The Morgan fingerprint density at radius 1 is 1.08 bits per heavy atom. The van der Waals surface area contributed by atoms with E-state index in [1.807, 2.05) is 0 Å². The predicted molar refractivity (Wildman–Crippen MR) is 73.1 cm³/mol. The van der Waals surface area contributed by atoms with Gasteiger partial charge < -0.3 is 0 Å². The van der Waals surface area contributed by atoms with E-state index in [9.17, 15) is 0 Å². The summed E-state index contributed by atoms with van der Waals surface area (Å²) in [5, 5.41) is 0. The minimum absolute atomic E-state index is 0.690. The Balaban J connectivity index is 3.49. The molecule has 0 heterocycles. The SMILES string of the molecule is CCC(Br)CCC(Br)C(I)CC. The Kier molecular flexibility index (Phi) is 9.17. The van der Waals surface area contributed by atoms with Crippen LogP contribution >= 0.6 is 54.5 Å². The molecule has 12 heavy (non-hydrogen) atoms. The lowest BCUT2D eigenvalue weighted by Gasteiger charge is -2.16. The van der Waals surface area contributed by atoms with Crippen LogP contribution in [-0.4, -0.2) is 13.6 Å². The van der Waals surface area contributed by atoms with Gasteiger partial charge in [0.25, 0.3) is 0 Å². The van der Waals surface area contributed by atoms with E-state index in [0.29, 0.717) is 9.65 Å². The van der Waals surface area contributed by atoms with Gasteiger partial charge in [-0.05, 0) is 25.7 Å². The van der Waals surface area contributed by atoms with Gasteiger partial charge in [0.1, 0.15) is 0 Å². The minimum Gasteiger partial charge on any atom is -0.0891 e. The van der Waals surface area contributed by atoms with Crippen LogP contribution in [0.4, 0.5) is 0 Å². The summed E-state index contributed by atoms with van der Waals surface area (Å²) in [6.45, 7) is 4.47. The molecule has 0 saturated carbocycles. The fraction of sp³-hybridized carbons (Fsp3) is 1.00. The van der Waals surface area contributed by atoms with Crippen molar-refractivity contribution in [2.75, 3.05) is 0 Å². The van der Waals surface area contributed by atoms with Gasteiger partial charge in [0, 0.05) is 13.6 Å². The number of rotatable bonds is 6. The van der Waals surface area contributed by atoms with E-state index >= 15 is 0 Å². The standard InChI is InChI=1S/C9H17Br2I/c1-3-7(10)5-6-8(11)9(12)4-2/h7-9H,3-6H2,1-2H3. The van der Waals surface area contributed by atoms with Crippen molar-refractivity contribution in [3.8, 4) is 0 Å². The molecule has 0 N–H and O–H groups in total. The lowest BCUT2D eigenvalue weighted by atomic mass is 10.1. The summed E-state index contributed by atoms with van der Waals surface area (Å²) in [6.07, 6.45) is 5.06. The van der Waals surface area contributed by atoms with Gasteiger partial charge in [-0.1, -0.05) is 68.3 Å². The van der Waals surface area contributed by atoms with E-state index in [1.54, 1.807) is 0 Å². The van der Waals surface area contributed by atoms with Crippen LogP contribution in [0.25, 0.3) is 0 Å². The van der Waals surface area contributed by atoms with E-state index < -0.39 is 0 Å². The molecule has 0 aromatic carbocycles. The normalized spacial score (nSPS) is 18.8. The molecular weight excluding hydrogens is 395 g/mol. The second-order valence-corrected chi connectivity index (χ2v) is 7.09. The summed E-state index contributed by atoms with van der Waals surface area (Å²) in [6, 6.07) is 0. The molecule has 0 aliphatic carbocycles. The van der Waals surface area contributed by atoms with Gasteiger partial charge in [-0.2, -0.15) is 0 Å². The van der Waals surface area contributed by atoms with Crippen LogP contribution in [0.2, 0.25) is 0 Å². The van der Waals surface area contributed by atoms with Gasteiger partial charge in [0.05, 0.1) is 0 Å². The highest BCUT2D eigenvalue weighted by Crippen LogP contribution is 2.24. The zero-order valence-electron chi connectivity index (χ0n) is 7.69. The van der Waals surface area contributed by atoms with Gasteiger partial charge in [-0.3, -0.25) is 0 Å². The summed E-state index contributed by atoms with van der Waals surface area (Å²) in [5.74, 6) is 0. The first-order valence-electron chi connectivity index (χ1n) is 4.54. The first kappa shape index (κ1) is 13.7. The molecule has 0 saturated heterocycles. The highest BCUT2D eigenvalue weighted by atomic mass is 127. The van der Waals surface area contributed by atoms with Gasteiger partial charge in [-0.25, -0.2) is 0 Å². The van der Waals surface area contributed by atoms with Crippen molar-refractivity contribution in [1.29, 1.82) is 0 Å². The number of hydrogen-bond donors (Lipinski definition) is 0. The topological polar surface area (TPSA) is 0 Å². The van der Waals surface area contributed by atoms with E-state index in [-0.39, 0.29) is 0 Å². The molecule has 0 spiro atoms. The Hall–Kier alpha value is 1.69. The molecule has 0 nitrogen and oxygen atoms in total. The summed E-state index contributed by atoms with van der Waals surface area (Å²) < 4.78 is 0.777. The lowest BCUT2D eigenvalue weighted by Crippen LogP contribution is -2.14. The summed E-state index contributed by atoms with van der Waals surface area (Å²) >= 11 is 9.91. The van der Waals surface area contributed by atoms with Gasteiger partial charge in [0.15, 0.2) is 0 Å². The van der Waals surface area contributed by atoms with Crippen molar-refractivity contribution in [3.05, 3.63) is 0 Å². The van der Waals surface area contributed by atoms with Crippen LogP contribution in [0.15, 0.2) is 0 Å². The molecule has 0 aliphatic heterocycles. The van der Waals surface area contributed by atoms with Crippen LogP contribution < -0.4 is 0 Å². The van der Waals surface area contributed by atoms with Crippen molar-refractivity contribution in [1.82, 2.24) is 0 Å². The third-order valence-electron chi connectivity index (χ3n) is 1.98. The van der Waals surface area contributed by atoms with Crippen molar-refractivity contribution in [2.45, 2.75) is 53.1 Å². The Labute approximate surface area is 107 Å². The van der Waals surface area contributed by atoms with Crippen molar-refractivity contribution in [3.63, 3.8) is 0 Å². The molecule has 0 aliphatic rings. The van der Waals surface area contributed by atoms with Crippen LogP contribution in [0.1, 0.15) is 39.5 Å². The summed E-state index contributed by atoms with van der Waals surface area (Å²) in [4.78, 5) is 1.40. The summed E-state index contributed by atoms with van der Waals surface area (Å²) in [5.41, 5.74) is 0. The maximum Gasteiger partial charge on any atom is 0.0263 e. The molecule has 0 aromatic heterocycles. The Morgan fingerprint density at radius 3 is 2.08 bits per heavy atom. The molecule has 0 fully saturated rings. The molecule has 3 heteroatoms. The number of hydrogen-bond acceptors (Lipinski definition) is 0. The molecule has 74 valence electrons. The summed E-state index contributed by atoms with van der Waals surface area (Å²) in [7, 11) is 0. The molecule has 0 rings (SSSR count). The van der Waals surface area contributed by atoms with E-state index in [4.69, 9.17) is 0 Å². The highest BCUT2D eigenvalue weighted by Gasteiger charge is 2.14. The van der Waals surface area contributed by atoms with Crippen molar-refractivity contribution < 1.29 is 0 Å². The average molecular weight is 412 g/mol. The fourth-order valence-electron chi connectivity index (χ4n) is 0.981. The Bertz CT molecular complexity index is 109. The smallest absolute Gasteiger partial charge is 0.0263 e. The van der Waals surface area contributed by atoms with Crippen LogP contribution in [0.3, 0.4) is 0 Å². The number of alkyl halides is 3. The maximum atomic E-state index is 3.73. The van der Waals surface area contributed by atoms with Crippen molar-refractivity contribution >= 4 is 54.5 Å². The Morgan fingerprint density at radius 2 is 1.67 bits per heavy atom. The average Bonchev–Trinajstić information content (AvgIpc) is 2.11. The van der Waals surface area contributed by atoms with E-state index in [1.165, 1.54) is 25.7 Å². The monoisotopic (exact) mass is 410 g/mol. The van der Waals surface area contributed by atoms with Crippen molar-refractivity contribution in [2.24, 2.45) is 0 Å². The van der Waals surface area contributed by atoms with E-state index in [0.717, 1.165) is 3.92 Å². The van der Waals surface area contributed by atoms with Gasteiger partial charge in [-0.15, -0.1) is 0 Å². The predicted octanol–water partition coefficient (Wildman–Crippen LogP) is 4.92. The molecule has 0 radical (unpaired) electrons. The second kappa shape index (κ2) is 8.04. The molecule has 3 atom stereocenters. The van der Waals surface area contributed by atoms with Crippen LogP contribution in [-0.2, 0) is 0 Å². The first-order valence-corrected chi connectivity index (χ1v) is 7.61. The van der Waals surface area contributed by atoms with Crippen LogP contribution in [0, 0.1) is 0 Å². The zero-order valence-corrected chi connectivity index (χ0v) is 13.0.